The average molecular weight is 270 g/mol. The lowest BCUT2D eigenvalue weighted by Crippen LogP contribution is -2.41. The highest BCUT2D eigenvalue weighted by molar-refractivity contribution is 5.91. The summed E-state index contributed by atoms with van der Waals surface area (Å²) in [5.74, 6) is 0. The quantitative estimate of drug-likeness (QED) is 0.794. The first-order chi connectivity index (χ1) is 9.40. The molecule has 2 aromatic rings. The van der Waals surface area contributed by atoms with Crippen LogP contribution in [0.3, 0.4) is 0 Å². The number of anilines is 1. The molecule has 0 bridgehead atoms. The molecular weight excluding hydrogens is 252 g/mol. The summed E-state index contributed by atoms with van der Waals surface area (Å²) in [6.07, 6.45) is 1.71. The molecule has 1 aromatic heterocycles. The van der Waals surface area contributed by atoms with Gasteiger partial charge in [0.1, 0.15) is 5.60 Å². The fourth-order valence-corrected chi connectivity index (χ4v) is 2.67. The third-order valence-corrected chi connectivity index (χ3v) is 3.86. The Balaban J connectivity index is 2.18. The van der Waals surface area contributed by atoms with Gasteiger partial charge in [0.05, 0.1) is 5.69 Å². The van der Waals surface area contributed by atoms with E-state index < -0.39 is 5.60 Å². The summed E-state index contributed by atoms with van der Waals surface area (Å²) in [4.78, 5) is 13.4. The van der Waals surface area contributed by atoms with Crippen LogP contribution in [0.2, 0.25) is 0 Å². The highest BCUT2D eigenvalue weighted by Gasteiger charge is 2.36. The largest absolute Gasteiger partial charge is 0.438 e. The van der Waals surface area contributed by atoms with Crippen molar-refractivity contribution in [2.75, 3.05) is 11.9 Å². The number of rotatable bonds is 1. The van der Waals surface area contributed by atoms with Crippen LogP contribution in [0.25, 0.3) is 11.3 Å². The summed E-state index contributed by atoms with van der Waals surface area (Å²) in [6.45, 7) is 3.84. The minimum absolute atomic E-state index is 0.311. The van der Waals surface area contributed by atoms with Crippen molar-refractivity contribution in [2.24, 2.45) is 7.05 Å². The van der Waals surface area contributed by atoms with E-state index in [4.69, 9.17) is 4.74 Å². The molecule has 2 heterocycles. The molecule has 0 radical (unpaired) electrons. The first-order valence-electron chi connectivity index (χ1n) is 6.63. The molecule has 0 aliphatic carbocycles. The van der Waals surface area contributed by atoms with E-state index in [1.807, 2.05) is 45.3 Å². The highest BCUT2D eigenvalue weighted by atomic mass is 16.6. The first-order valence-corrected chi connectivity index (χ1v) is 6.63. The molecule has 0 saturated heterocycles. The van der Waals surface area contributed by atoms with Crippen molar-refractivity contribution in [1.29, 1.82) is 0 Å². The van der Waals surface area contributed by atoms with Gasteiger partial charge in [-0.15, -0.1) is 0 Å². The number of aromatic nitrogens is 1. The summed E-state index contributed by atoms with van der Waals surface area (Å²) in [5.41, 5.74) is 3.58. The molecule has 104 valence electrons. The fourth-order valence-electron chi connectivity index (χ4n) is 2.67. The van der Waals surface area contributed by atoms with Crippen LogP contribution in [0.5, 0.6) is 0 Å². The second-order valence-electron chi connectivity index (χ2n) is 5.67. The van der Waals surface area contributed by atoms with Crippen LogP contribution in [0.1, 0.15) is 19.4 Å². The molecular formula is C16H18N2O2. The van der Waals surface area contributed by atoms with Crippen molar-refractivity contribution in [3.63, 3.8) is 0 Å². The Kier molecular flexibility index (Phi) is 2.64. The third kappa shape index (κ3) is 1.80. The van der Waals surface area contributed by atoms with E-state index >= 15 is 0 Å². The molecule has 0 unspecified atom stereocenters. The maximum atomic E-state index is 11.8. The molecule has 1 aliphatic rings. The van der Waals surface area contributed by atoms with E-state index in [0.29, 0.717) is 0 Å². The van der Waals surface area contributed by atoms with Crippen molar-refractivity contribution in [3.05, 3.63) is 42.1 Å². The van der Waals surface area contributed by atoms with E-state index in [1.54, 1.807) is 11.9 Å². The molecule has 0 fully saturated rings. The van der Waals surface area contributed by atoms with Crippen molar-refractivity contribution >= 4 is 11.8 Å². The van der Waals surface area contributed by atoms with Crippen LogP contribution in [0.15, 0.2) is 36.5 Å². The van der Waals surface area contributed by atoms with Crippen molar-refractivity contribution in [1.82, 2.24) is 4.57 Å². The van der Waals surface area contributed by atoms with Gasteiger partial charge in [0, 0.05) is 31.5 Å². The van der Waals surface area contributed by atoms with Gasteiger partial charge in [-0.05, 0) is 43.7 Å². The molecule has 1 aromatic carbocycles. The number of fused-ring (bicyclic) bond motifs is 1. The van der Waals surface area contributed by atoms with Gasteiger partial charge in [-0.3, -0.25) is 4.90 Å². The Morgan fingerprint density at radius 2 is 1.90 bits per heavy atom. The molecule has 4 nitrogen and oxygen atoms in total. The molecule has 1 amide bonds. The van der Waals surface area contributed by atoms with Gasteiger partial charge in [0.15, 0.2) is 0 Å². The lowest BCUT2D eigenvalue weighted by molar-refractivity contribution is 0.0362. The Morgan fingerprint density at radius 1 is 1.15 bits per heavy atom. The average Bonchev–Trinajstić information content (AvgIpc) is 2.81. The van der Waals surface area contributed by atoms with E-state index in [2.05, 4.69) is 16.7 Å². The molecule has 0 saturated carbocycles. The molecule has 0 spiro atoms. The Bertz CT molecular complexity index is 686. The lowest BCUT2D eigenvalue weighted by atomic mass is 9.92. The maximum absolute atomic E-state index is 11.8. The van der Waals surface area contributed by atoms with E-state index in [9.17, 15) is 4.79 Å². The van der Waals surface area contributed by atoms with Crippen LogP contribution < -0.4 is 4.90 Å². The normalized spacial score (nSPS) is 16.8. The molecule has 4 heteroatoms. The van der Waals surface area contributed by atoms with Gasteiger partial charge in [0.2, 0.25) is 0 Å². The zero-order chi connectivity index (χ0) is 14.5. The molecule has 1 aliphatic heterocycles. The zero-order valence-electron chi connectivity index (χ0n) is 12.2. The Morgan fingerprint density at radius 3 is 2.55 bits per heavy atom. The van der Waals surface area contributed by atoms with Crippen LogP contribution >= 0.6 is 0 Å². The minimum Gasteiger partial charge on any atom is -0.438 e. The van der Waals surface area contributed by atoms with Crippen molar-refractivity contribution in [3.8, 4) is 11.3 Å². The smallest absolute Gasteiger partial charge is 0.414 e. The summed E-state index contributed by atoms with van der Waals surface area (Å²) < 4.78 is 7.57. The highest BCUT2D eigenvalue weighted by Crippen LogP contribution is 2.40. The second-order valence-corrected chi connectivity index (χ2v) is 5.67. The zero-order valence-corrected chi connectivity index (χ0v) is 12.2. The topological polar surface area (TPSA) is 34.5 Å². The summed E-state index contributed by atoms with van der Waals surface area (Å²) in [5, 5.41) is 0. The van der Waals surface area contributed by atoms with E-state index in [1.165, 1.54) is 0 Å². The molecule has 0 N–H and O–H groups in total. The number of hydrogen-bond donors (Lipinski definition) is 0. The summed E-state index contributed by atoms with van der Waals surface area (Å²) in [6, 6.07) is 10.2. The Hall–Kier alpha value is -2.23. The van der Waals surface area contributed by atoms with E-state index in [0.717, 1.165) is 22.5 Å². The standard InChI is InChI=1S/C16H18N2O2/c1-16(2)12-10-11(13-6-5-9-17(13)3)7-8-14(12)18(4)15(19)20-16/h5-10H,1-4H3. The first kappa shape index (κ1) is 12.8. The number of cyclic esters (lactones) is 1. The van der Waals surface area contributed by atoms with Crippen LogP contribution in [0, 0.1) is 0 Å². The molecule has 3 rings (SSSR count). The SMILES string of the molecule is CN1C(=O)OC(C)(C)c2cc(-c3cccn3C)ccc21. The van der Waals surface area contributed by atoms with E-state index in [-0.39, 0.29) is 6.09 Å². The molecule has 0 atom stereocenters. The number of carbonyl (C=O) groups is 1. The minimum atomic E-state index is -0.611. The predicted molar refractivity (Wildman–Crippen MR) is 78.8 cm³/mol. The lowest BCUT2D eigenvalue weighted by Gasteiger charge is -2.37. The maximum Gasteiger partial charge on any atom is 0.414 e. The fraction of sp³-hybridized carbons (Fsp3) is 0.312. The van der Waals surface area contributed by atoms with Gasteiger partial charge in [0.25, 0.3) is 0 Å². The third-order valence-electron chi connectivity index (χ3n) is 3.86. The number of aryl methyl sites for hydroxylation is 1. The number of ether oxygens (including phenoxy) is 1. The molecule has 20 heavy (non-hydrogen) atoms. The Labute approximate surface area is 118 Å². The summed E-state index contributed by atoms with van der Waals surface area (Å²) in [7, 11) is 3.75. The van der Waals surface area contributed by atoms with Crippen LogP contribution in [-0.4, -0.2) is 17.7 Å². The van der Waals surface area contributed by atoms with Crippen molar-refractivity contribution < 1.29 is 9.53 Å². The van der Waals surface area contributed by atoms with Crippen LogP contribution in [0.4, 0.5) is 10.5 Å². The van der Waals surface area contributed by atoms with Gasteiger partial charge >= 0.3 is 6.09 Å². The van der Waals surface area contributed by atoms with Crippen LogP contribution in [-0.2, 0) is 17.4 Å². The number of hydrogen-bond acceptors (Lipinski definition) is 2. The van der Waals surface area contributed by atoms with Gasteiger partial charge in [-0.1, -0.05) is 6.07 Å². The van der Waals surface area contributed by atoms with Crippen molar-refractivity contribution in [2.45, 2.75) is 19.4 Å². The summed E-state index contributed by atoms with van der Waals surface area (Å²) >= 11 is 0. The monoisotopic (exact) mass is 270 g/mol. The second kappa shape index (κ2) is 4.13. The van der Waals surface area contributed by atoms with Gasteiger partial charge in [-0.25, -0.2) is 4.79 Å². The number of benzene rings is 1. The number of nitrogens with zero attached hydrogens (tertiary/aromatic N) is 2. The van der Waals surface area contributed by atoms with Gasteiger partial charge in [-0.2, -0.15) is 0 Å². The predicted octanol–water partition coefficient (Wildman–Crippen LogP) is 3.51. The number of amides is 1. The van der Waals surface area contributed by atoms with Gasteiger partial charge < -0.3 is 9.30 Å². The number of carbonyl (C=O) groups excluding carboxylic acids is 1.